The number of H-pyrrole nitrogens is 1. The number of anilines is 1. The molecule has 0 bridgehead atoms. The maximum absolute atomic E-state index is 6.16. The van der Waals surface area contributed by atoms with Gasteiger partial charge in [-0.2, -0.15) is 5.10 Å². The maximum atomic E-state index is 6.16. The van der Waals surface area contributed by atoms with E-state index in [0.717, 1.165) is 50.8 Å². The number of nitrogens with one attached hydrogen (secondary N) is 1. The van der Waals surface area contributed by atoms with Gasteiger partial charge >= 0.3 is 0 Å². The largest absolute Gasteiger partial charge is 0.342 e. The molecule has 26 heavy (non-hydrogen) atoms. The Labute approximate surface area is 163 Å². The molecule has 5 rings (SSSR count). The van der Waals surface area contributed by atoms with E-state index >= 15 is 0 Å². The highest BCUT2D eigenvalue weighted by atomic mass is 35.5. The number of nitrogens with zero attached hydrogens (tertiary/aromatic N) is 4. The molecule has 0 atom stereocenters. The second kappa shape index (κ2) is 6.50. The van der Waals surface area contributed by atoms with Crippen LogP contribution in [0.25, 0.3) is 21.1 Å². The molecule has 0 fully saturated rings. The second-order valence-electron chi connectivity index (χ2n) is 6.08. The molecule has 4 heterocycles. The predicted molar refractivity (Wildman–Crippen MR) is 107 cm³/mol. The Morgan fingerprint density at radius 1 is 1.15 bits per heavy atom. The summed E-state index contributed by atoms with van der Waals surface area (Å²) in [4.78, 5) is 3.44. The molecule has 3 aromatic heterocycles. The monoisotopic (exact) mass is 399 g/mol. The maximum Gasteiger partial charge on any atom is 0.208 e. The normalized spacial score (nSPS) is 13.8. The van der Waals surface area contributed by atoms with Crippen molar-refractivity contribution in [1.82, 2.24) is 20.4 Å². The molecular formula is C18H14ClN5S2. The van der Waals surface area contributed by atoms with Gasteiger partial charge in [-0.15, -0.1) is 21.5 Å². The van der Waals surface area contributed by atoms with E-state index < -0.39 is 0 Å². The van der Waals surface area contributed by atoms with Crippen LogP contribution in [0.15, 0.2) is 41.8 Å². The van der Waals surface area contributed by atoms with Crippen LogP contribution in [0.5, 0.6) is 0 Å². The summed E-state index contributed by atoms with van der Waals surface area (Å²) in [5.74, 6) is 0. The molecular weight excluding hydrogens is 386 g/mol. The molecule has 0 saturated carbocycles. The smallest absolute Gasteiger partial charge is 0.208 e. The van der Waals surface area contributed by atoms with Crippen molar-refractivity contribution in [3.05, 3.63) is 58.1 Å². The molecule has 0 unspecified atom stereocenters. The van der Waals surface area contributed by atoms with Crippen molar-refractivity contribution in [2.24, 2.45) is 0 Å². The number of rotatable bonds is 3. The first-order valence-electron chi connectivity index (χ1n) is 8.22. The van der Waals surface area contributed by atoms with Gasteiger partial charge in [-0.1, -0.05) is 41.1 Å². The Bertz CT molecular complexity index is 1050. The average molecular weight is 400 g/mol. The lowest BCUT2D eigenvalue weighted by molar-refractivity contribution is 0.714. The molecule has 1 aliphatic heterocycles. The van der Waals surface area contributed by atoms with Crippen molar-refractivity contribution in [1.29, 1.82) is 0 Å². The van der Waals surface area contributed by atoms with Gasteiger partial charge in [-0.25, -0.2) is 0 Å². The van der Waals surface area contributed by atoms with Crippen molar-refractivity contribution >= 4 is 39.4 Å². The number of aromatic amines is 1. The first kappa shape index (κ1) is 16.0. The lowest BCUT2D eigenvalue weighted by atomic mass is 10.0. The Morgan fingerprint density at radius 2 is 2.12 bits per heavy atom. The fourth-order valence-corrected chi connectivity index (χ4v) is 5.03. The van der Waals surface area contributed by atoms with Gasteiger partial charge < -0.3 is 4.90 Å². The van der Waals surface area contributed by atoms with Crippen LogP contribution >= 0.6 is 34.3 Å². The van der Waals surface area contributed by atoms with Crippen LogP contribution in [0, 0.1) is 0 Å². The minimum Gasteiger partial charge on any atom is -0.342 e. The fourth-order valence-electron chi connectivity index (χ4n) is 3.18. The number of hydrogen-bond donors (Lipinski definition) is 1. The van der Waals surface area contributed by atoms with Crippen LogP contribution in [0.1, 0.15) is 11.3 Å². The number of halogens is 1. The lowest BCUT2D eigenvalue weighted by Crippen LogP contribution is -2.30. The molecule has 5 nitrogen and oxygen atoms in total. The average Bonchev–Trinajstić information content (AvgIpc) is 3.40. The molecule has 1 aliphatic rings. The van der Waals surface area contributed by atoms with Gasteiger partial charge in [0.15, 0.2) is 5.01 Å². The SMILES string of the molecule is Clc1cccc(-c2n[nH]c3c2CN(c2nnc(-c4cccs4)s2)CC3)c1. The molecule has 1 aromatic carbocycles. The highest BCUT2D eigenvalue weighted by Crippen LogP contribution is 2.35. The number of fused-ring (bicyclic) bond motifs is 1. The Balaban J connectivity index is 1.46. The summed E-state index contributed by atoms with van der Waals surface area (Å²) >= 11 is 9.49. The van der Waals surface area contributed by atoms with Gasteiger partial charge in [-0.05, 0) is 23.6 Å². The van der Waals surface area contributed by atoms with Crippen LogP contribution < -0.4 is 4.90 Å². The first-order chi connectivity index (χ1) is 12.8. The molecule has 0 spiro atoms. The molecule has 4 aromatic rings. The van der Waals surface area contributed by atoms with Crippen LogP contribution in [-0.4, -0.2) is 26.9 Å². The Hall–Kier alpha value is -2.22. The zero-order valence-electron chi connectivity index (χ0n) is 13.6. The first-order valence-corrected chi connectivity index (χ1v) is 10.3. The van der Waals surface area contributed by atoms with E-state index in [2.05, 4.69) is 36.7 Å². The van der Waals surface area contributed by atoms with E-state index in [9.17, 15) is 0 Å². The van der Waals surface area contributed by atoms with E-state index in [1.54, 1.807) is 22.7 Å². The van der Waals surface area contributed by atoms with Gasteiger partial charge in [0.1, 0.15) is 0 Å². The minimum atomic E-state index is 0.719. The highest BCUT2D eigenvalue weighted by Gasteiger charge is 2.25. The summed E-state index contributed by atoms with van der Waals surface area (Å²) < 4.78 is 0. The Kier molecular flexibility index (Phi) is 4.00. The summed E-state index contributed by atoms with van der Waals surface area (Å²) in [5, 5.41) is 21.2. The van der Waals surface area contributed by atoms with Crippen molar-refractivity contribution in [3.8, 4) is 21.1 Å². The predicted octanol–water partition coefficient (Wildman–Crippen LogP) is 4.87. The number of aromatic nitrogens is 4. The molecule has 130 valence electrons. The van der Waals surface area contributed by atoms with Crippen LogP contribution in [0.4, 0.5) is 5.13 Å². The number of benzene rings is 1. The fraction of sp³-hybridized carbons (Fsp3) is 0.167. The summed E-state index contributed by atoms with van der Waals surface area (Å²) in [6.07, 6.45) is 0.914. The molecule has 0 saturated heterocycles. The summed E-state index contributed by atoms with van der Waals surface area (Å²) in [6.45, 7) is 1.68. The number of thiophene rings is 1. The van der Waals surface area contributed by atoms with Gasteiger partial charge in [0.25, 0.3) is 0 Å². The van der Waals surface area contributed by atoms with Crippen molar-refractivity contribution in [2.75, 3.05) is 11.4 Å². The highest BCUT2D eigenvalue weighted by molar-refractivity contribution is 7.22. The second-order valence-corrected chi connectivity index (χ2v) is 8.42. The summed E-state index contributed by atoms with van der Waals surface area (Å²) in [5.41, 5.74) is 4.41. The van der Waals surface area contributed by atoms with E-state index in [0.29, 0.717) is 0 Å². The topological polar surface area (TPSA) is 57.7 Å². The Morgan fingerprint density at radius 3 is 2.96 bits per heavy atom. The summed E-state index contributed by atoms with van der Waals surface area (Å²) in [6, 6.07) is 12.0. The van der Waals surface area contributed by atoms with Gasteiger partial charge in [-0.3, -0.25) is 5.10 Å². The third-order valence-electron chi connectivity index (χ3n) is 4.45. The standard InChI is InChI=1S/C18H14ClN5S2/c19-12-4-1-3-11(9-12)16-13-10-24(7-6-14(13)20-21-16)18-23-22-17(26-18)15-5-2-8-25-15/h1-5,8-9H,6-7,10H2,(H,20,21). The molecule has 0 aliphatic carbocycles. The zero-order chi connectivity index (χ0) is 17.5. The van der Waals surface area contributed by atoms with Crippen molar-refractivity contribution in [2.45, 2.75) is 13.0 Å². The van der Waals surface area contributed by atoms with Crippen molar-refractivity contribution in [3.63, 3.8) is 0 Å². The minimum absolute atomic E-state index is 0.719. The molecule has 0 amide bonds. The molecule has 1 N–H and O–H groups in total. The van der Waals surface area contributed by atoms with E-state index in [4.69, 9.17) is 11.6 Å². The van der Waals surface area contributed by atoms with Gasteiger partial charge in [0, 0.05) is 41.4 Å². The third kappa shape index (κ3) is 2.82. The number of hydrogen-bond acceptors (Lipinski definition) is 6. The van der Waals surface area contributed by atoms with Gasteiger partial charge in [0.05, 0.1) is 10.6 Å². The van der Waals surface area contributed by atoms with Crippen LogP contribution in [0.3, 0.4) is 0 Å². The quantitative estimate of drug-likeness (QED) is 0.533. The van der Waals surface area contributed by atoms with Gasteiger partial charge in [0.2, 0.25) is 5.13 Å². The zero-order valence-corrected chi connectivity index (χ0v) is 16.0. The van der Waals surface area contributed by atoms with E-state index in [1.807, 2.05) is 30.3 Å². The van der Waals surface area contributed by atoms with Crippen molar-refractivity contribution < 1.29 is 0 Å². The third-order valence-corrected chi connectivity index (χ3v) is 6.71. The van der Waals surface area contributed by atoms with E-state index in [-0.39, 0.29) is 0 Å². The molecule has 8 heteroatoms. The van der Waals surface area contributed by atoms with Crippen LogP contribution in [-0.2, 0) is 13.0 Å². The summed E-state index contributed by atoms with van der Waals surface area (Å²) in [7, 11) is 0. The molecule has 0 radical (unpaired) electrons. The van der Waals surface area contributed by atoms with E-state index in [1.165, 1.54) is 11.3 Å². The lowest BCUT2D eigenvalue weighted by Gasteiger charge is -2.26. The van der Waals surface area contributed by atoms with Crippen LogP contribution in [0.2, 0.25) is 5.02 Å².